The van der Waals surface area contributed by atoms with Crippen LogP contribution in [0.1, 0.15) is 74.1 Å². The Morgan fingerprint density at radius 1 is 1.18 bits per heavy atom. The summed E-state index contributed by atoms with van der Waals surface area (Å²) in [7, 11) is -3.54. The van der Waals surface area contributed by atoms with Crippen LogP contribution in [0.4, 0.5) is 5.69 Å². The van der Waals surface area contributed by atoms with Gasteiger partial charge in [-0.25, -0.2) is 18.1 Å². The summed E-state index contributed by atoms with van der Waals surface area (Å²) in [6, 6.07) is 7.19. The van der Waals surface area contributed by atoms with Crippen molar-refractivity contribution in [1.82, 2.24) is 19.1 Å². The molecule has 1 amide bonds. The molecular formula is C25H31N5O3S. The molecule has 2 aromatic heterocycles. The zero-order valence-corrected chi connectivity index (χ0v) is 21.0. The molecule has 1 aliphatic heterocycles. The SMILES string of the molecule is CCN(CC)S(=O)(=O)c1ccc2c(c1)CCN2C(=O)c1cc(C2CC2)nc2c1cnn2C(C)C. The van der Waals surface area contributed by atoms with Crippen molar-refractivity contribution >= 4 is 32.7 Å². The summed E-state index contributed by atoms with van der Waals surface area (Å²) in [4.78, 5) is 20.7. The number of aromatic nitrogens is 3. The first kappa shape index (κ1) is 23.0. The maximum atomic E-state index is 13.8. The van der Waals surface area contributed by atoms with Crippen molar-refractivity contribution in [3.05, 3.63) is 47.3 Å². The van der Waals surface area contributed by atoms with Crippen molar-refractivity contribution in [2.24, 2.45) is 0 Å². The first-order valence-electron chi connectivity index (χ1n) is 12.1. The molecule has 0 spiro atoms. The van der Waals surface area contributed by atoms with Crippen molar-refractivity contribution in [3.8, 4) is 0 Å². The van der Waals surface area contributed by atoms with E-state index in [2.05, 4.69) is 18.9 Å². The molecule has 0 radical (unpaired) electrons. The molecule has 0 atom stereocenters. The number of anilines is 1. The number of hydrogen-bond donors (Lipinski definition) is 0. The Labute approximate surface area is 200 Å². The largest absolute Gasteiger partial charge is 0.308 e. The van der Waals surface area contributed by atoms with E-state index in [0.717, 1.165) is 40.8 Å². The van der Waals surface area contributed by atoms with Gasteiger partial charge >= 0.3 is 0 Å². The molecule has 180 valence electrons. The van der Waals surface area contributed by atoms with Crippen molar-refractivity contribution in [2.45, 2.75) is 63.8 Å². The number of benzene rings is 1. The van der Waals surface area contributed by atoms with Crippen LogP contribution in [0.3, 0.4) is 0 Å². The number of sulfonamides is 1. The van der Waals surface area contributed by atoms with Gasteiger partial charge in [0, 0.05) is 43.0 Å². The molecule has 1 fully saturated rings. The molecule has 8 nitrogen and oxygen atoms in total. The molecule has 3 aromatic rings. The fraction of sp³-hybridized carbons (Fsp3) is 0.480. The van der Waals surface area contributed by atoms with E-state index in [9.17, 15) is 13.2 Å². The van der Waals surface area contributed by atoms with E-state index in [1.807, 2.05) is 24.6 Å². The highest BCUT2D eigenvalue weighted by Gasteiger charge is 2.32. The molecule has 1 saturated carbocycles. The third-order valence-electron chi connectivity index (χ3n) is 6.84. The van der Waals surface area contributed by atoms with Gasteiger partial charge in [-0.15, -0.1) is 0 Å². The van der Waals surface area contributed by atoms with Crippen molar-refractivity contribution in [1.29, 1.82) is 0 Å². The number of carbonyl (C=O) groups excluding carboxylic acids is 1. The predicted octanol–water partition coefficient (Wildman–Crippen LogP) is 4.12. The molecule has 34 heavy (non-hydrogen) atoms. The van der Waals surface area contributed by atoms with E-state index in [1.165, 1.54) is 4.31 Å². The summed E-state index contributed by atoms with van der Waals surface area (Å²) < 4.78 is 29.3. The number of pyridine rings is 1. The smallest absolute Gasteiger partial charge is 0.259 e. The Bertz CT molecular complexity index is 1370. The fourth-order valence-electron chi connectivity index (χ4n) is 4.79. The van der Waals surface area contributed by atoms with Crippen LogP contribution in [0.2, 0.25) is 0 Å². The second-order valence-corrected chi connectivity index (χ2v) is 11.3. The van der Waals surface area contributed by atoms with Crippen LogP contribution in [-0.4, -0.2) is 53.0 Å². The molecule has 1 aromatic carbocycles. The average Bonchev–Trinajstić information content (AvgIpc) is 3.44. The molecular weight excluding hydrogens is 450 g/mol. The van der Waals surface area contributed by atoms with Crippen LogP contribution >= 0.6 is 0 Å². The third kappa shape index (κ3) is 3.71. The fourth-order valence-corrected chi connectivity index (χ4v) is 6.30. The summed E-state index contributed by atoms with van der Waals surface area (Å²) in [5, 5.41) is 5.27. The number of amides is 1. The second kappa shape index (κ2) is 8.46. The molecule has 5 rings (SSSR count). The van der Waals surface area contributed by atoms with E-state index < -0.39 is 10.0 Å². The highest BCUT2D eigenvalue weighted by atomic mass is 32.2. The lowest BCUT2D eigenvalue weighted by Crippen LogP contribution is -2.31. The van der Waals surface area contributed by atoms with Gasteiger partial charge in [-0.05, 0) is 62.9 Å². The molecule has 0 N–H and O–H groups in total. The van der Waals surface area contributed by atoms with Gasteiger partial charge < -0.3 is 4.90 Å². The lowest BCUT2D eigenvalue weighted by molar-refractivity contribution is 0.0990. The number of fused-ring (bicyclic) bond motifs is 2. The van der Waals surface area contributed by atoms with Crippen LogP contribution < -0.4 is 4.90 Å². The van der Waals surface area contributed by atoms with Crippen LogP contribution in [0, 0.1) is 0 Å². The van der Waals surface area contributed by atoms with Crippen molar-refractivity contribution < 1.29 is 13.2 Å². The quantitative estimate of drug-likeness (QED) is 0.506. The van der Waals surface area contributed by atoms with Gasteiger partial charge in [-0.1, -0.05) is 13.8 Å². The minimum Gasteiger partial charge on any atom is -0.308 e. The molecule has 3 heterocycles. The van der Waals surface area contributed by atoms with Gasteiger partial charge in [0.15, 0.2) is 5.65 Å². The van der Waals surface area contributed by atoms with E-state index in [1.54, 1.807) is 29.3 Å². The van der Waals surface area contributed by atoms with Crippen LogP contribution in [-0.2, 0) is 16.4 Å². The second-order valence-electron chi connectivity index (χ2n) is 9.38. The van der Waals surface area contributed by atoms with Crippen LogP contribution in [0.15, 0.2) is 35.4 Å². The standard InChI is InChI=1S/C25H31N5O3S/c1-5-28(6-2)34(32,33)19-9-10-23-18(13-19)11-12-29(23)25(31)20-14-22(17-7-8-17)27-24-21(20)15-26-30(24)16(3)4/h9-10,13-17H,5-8,11-12H2,1-4H3. The van der Waals surface area contributed by atoms with Gasteiger partial charge in [-0.3, -0.25) is 4.79 Å². The predicted molar refractivity (Wildman–Crippen MR) is 132 cm³/mol. The number of rotatable bonds is 7. The summed E-state index contributed by atoms with van der Waals surface area (Å²) in [6.07, 6.45) is 4.55. The molecule has 9 heteroatoms. The molecule has 2 aliphatic rings. The lowest BCUT2D eigenvalue weighted by atomic mass is 10.1. The summed E-state index contributed by atoms with van der Waals surface area (Å²) in [5.74, 6) is 0.320. The Balaban J connectivity index is 1.53. The van der Waals surface area contributed by atoms with Crippen molar-refractivity contribution in [2.75, 3.05) is 24.5 Å². The molecule has 0 unspecified atom stereocenters. The van der Waals surface area contributed by atoms with Gasteiger partial charge in [0.2, 0.25) is 10.0 Å². The lowest BCUT2D eigenvalue weighted by Gasteiger charge is -2.21. The van der Waals surface area contributed by atoms with Crippen LogP contribution in [0.25, 0.3) is 11.0 Å². The van der Waals surface area contributed by atoms with Gasteiger partial charge in [0.1, 0.15) is 0 Å². The minimum atomic E-state index is -3.54. The van der Waals surface area contributed by atoms with Gasteiger partial charge in [0.25, 0.3) is 5.91 Å². The minimum absolute atomic E-state index is 0.0873. The normalized spacial score (nSPS) is 16.1. The van der Waals surface area contributed by atoms with E-state index >= 15 is 0 Å². The Morgan fingerprint density at radius 3 is 2.56 bits per heavy atom. The van der Waals surface area contributed by atoms with Crippen molar-refractivity contribution in [3.63, 3.8) is 0 Å². The zero-order valence-electron chi connectivity index (χ0n) is 20.2. The van der Waals surface area contributed by atoms with E-state index in [4.69, 9.17) is 4.98 Å². The summed E-state index contributed by atoms with van der Waals surface area (Å²) >= 11 is 0. The highest BCUT2D eigenvalue weighted by Crippen LogP contribution is 2.41. The maximum absolute atomic E-state index is 13.8. The average molecular weight is 482 g/mol. The van der Waals surface area contributed by atoms with Gasteiger partial charge in [-0.2, -0.15) is 9.40 Å². The highest BCUT2D eigenvalue weighted by molar-refractivity contribution is 7.89. The first-order valence-corrected chi connectivity index (χ1v) is 13.5. The molecule has 0 bridgehead atoms. The van der Waals surface area contributed by atoms with Gasteiger partial charge in [0.05, 0.1) is 22.0 Å². The first-order chi connectivity index (χ1) is 16.3. The molecule has 1 aliphatic carbocycles. The number of nitrogens with zero attached hydrogens (tertiary/aromatic N) is 5. The summed E-state index contributed by atoms with van der Waals surface area (Å²) in [5.41, 5.74) is 3.98. The topological polar surface area (TPSA) is 88.4 Å². The zero-order chi connectivity index (χ0) is 24.2. The van der Waals surface area contributed by atoms with Crippen LogP contribution in [0.5, 0.6) is 0 Å². The maximum Gasteiger partial charge on any atom is 0.259 e. The Hall–Kier alpha value is -2.78. The Kier molecular flexibility index (Phi) is 5.72. The van der Waals surface area contributed by atoms with E-state index in [-0.39, 0.29) is 16.8 Å². The van der Waals surface area contributed by atoms with E-state index in [0.29, 0.717) is 37.5 Å². The Morgan fingerprint density at radius 2 is 1.91 bits per heavy atom. The number of carbonyl (C=O) groups is 1. The third-order valence-corrected chi connectivity index (χ3v) is 8.88. The molecule has 0 saturated heterocycles. The number of hydrogen-bond acceptors (Lipinski definition) is 5. The summed E-state index contributed by atoms with van der Waals surface area (Å²) in [6.45, 7) is 9.14. The monoisotopic (exact) mass is 481 g/mol.